The predicted molar refractivity (Wildman–Crippen MR) is 126 cm³/mol. The van der Waals surface area contributed by atoms with Gasteiger partial charge in [-0.05, 0) is 55.2 Å². The van der Waals surface area contributed by atoms with E-state index < -0.39 is 0 Å². The van der Waals surface area contributed by atoms with Gasteiger partial charge in [0.1, 0.15) is 5.82 Å². The molecule has 6 heteroatoms. The van der Waals surface area contributed by atoms with Crippen LogP contribution in [0.4, 0.5) is 11.5 Å². The maximum atomic E-state index is 6.40. The van der Waals surface area contributed by atoms with Crippen molar-refractivity contribution in [3.05, 3.63) is 59.5 Å². The summed E-state index contributed by atoms with van der Waals surface area (Å²) in [7, 11) is 3.99. The molecule has 0 radical (unpaired) electrons. The minimum atomic E-state index is 0.268. The van der Waals surface area contributed by atoms with E-state index in [0.717, 1.165) is 64.6 Å². The Bertz CT molecular complexity index is 1000. The fraction of sp³-hybridized carbons (Fsp3) is 0.333. The molecule has 156 valence electrons. The standard InChI is InChI=1S/C24H28ClN5/c1-16-10-18(12-19(25)11-16)22-15-27-14-21(17-4-5-23(28-13-17)29(2)3)24(22)30-8-6-20(26)7-9-30/h4-5,10-15,20H,6-9,26H2,1-3H3. The molecule has 0 amide bonds. The molecule has 0 spiro atoms. The lowest BCUT2D eigenvalue weighted by molar-refractivity contribution is 0.501. The lowest BCUT2D eigenvalue weighted by Gasteiger charge is -2.35. The zero-order chi connectivity index (χ0) is 21.3. The average molecular weight is 422 g/mol. The maximum Gasteiger partial charge on any atom is 0.127 e. The molecule has 2 N–H and O–H groups in total. The first-order valence-electron chi connectivity index (χ1n) is 10.3. The number of hydrogen-bond acceptors (Lipinski definition) is 5. The van der Waals surface area contributed by atoms with Crippen molar-refractivity contribution >= 4 is 23.1 Å². The van der Waals surface area contributed by atoms with Gasteiger partial charge in [0.15, 0.2) is 0 Å². The number of aromatic nitrogens is 2. The van der Waals surface area contributed by atoms with Gasteiger partial charge in [-0.3, -0.25) is 4.98 Å². The molecule has 1 aliphatic rings. The minimum absolute atomic E-state index is 0.268. The molecule has 4 rings (SSSR count). The number of rotatable bonds is 4. The minimum Gasteiger partial charge on any atom is -0.370 e. The smallest absolute Gasteiger partial charge is 0.127 e. The number of aryl methyl sites for hydroxylation is 1. The Morgan fingerprint density at radius 2 is 1.70 bits per heavy atom. The first kappa shape index (κ1) is 20.6. The molecule has 2 aromatic heterocycles. The highest BCUT2D eigenvalue weighted by Crippen LogP contribution is 2.40. The summed E-state index contributed by atoms with van der Waals surface area (Å²) in [4.78, 5) is 13.7. The van der Waals surface area contributed by atoms with Crippen molar-refractivity contribution in [2.24, 2.45) is 5.73 Å². The van der Waals surface area contributed by atoms with Crippen LogP contribution in [0.5, 0.6) is 0 Å². The van der Waals surface area contributed by atoms with Crippen LogP contribution in [0.2, 0.25) is 5.02 Å². The first-order chi connectivity index (χ1) is 14.4. The topological polar surface area (TPSA) is 58.3 Å². The Hall–Kier alpha value is -2.63. The van der Waals surface area contributed by atoms with Crippen LogP contribution in [0, 0.1) is 6.92 Å². The normalized spacial score (nSPS) is 14.8. The molecule has 0 unspecified atom stereocenters. The summed E-state index contributed by atoms with van der Waals surface area (Å²) in [5.41, 5.74) is 12.8. The molecule has 5 nitrogen and oxygen atoms in total. The molecule has 3 heterocycles. The third-order valence-corrected chi connectivity index (χ3v) is 5.86. The monoisotopic (exact) mass is 421 g/mol. The molecule has 3 aromatic rings. The Labute approximate surface area is 183 Å². The van der Waals surface area contributed by atoms with Crippen LogP contribution in [-0.2, 0) is 0 Å². The van der Waals surface area contributed by atoms with Gasteiger partial charge in [0.2, 0.25) is 0 Å². The number of anilines is 2. The number of benzene rings is 1. The van der Waals surface area contributed by atoms with Gasteiger partial charge in [-0.1, -0.05) is 17.7 Å². The Balaban J connectivity index is 1.87. The van der Waals surface area contributed by atoms with Gasteiger partial charge in [0.25, 0.3) is 0 Å². The number of pyridine rings is 2. The summed E-state index contributed by atoms with van der Waals surface area (Å²) >= 11 is 6.40. The van der Waals surface area contributed by atoms with Crippen LogP contribution in [0.1, 0.15) is 18.4 Å². The summed E-state index contributed by atoms with van der Waals surface area (Å²) < 4.78 is 0. The molecule has 0 bridgehead atoms. The molecule has 1 fully saturated rings. The highest BCUT2D eigenvalue weighted by Gasteiger charge is 2.23. The SMILES string of the molecule is Cc1cc(Cl)cc(-c2cncc(-c3ccc(N(C)C)nc3)c2N2CCC(N)CC2)c1. The van der Waals surface area contributed by atoms with Gasteiger partial charge < -0.3 is 15.5 Å². The van der Waals surface area contributed by atoms with E-state index in [-0.39, 0.29) is 6.04 Å². The van der Waals surface area contributed by atoms with Crippen molar-refractivity contribution in [1.82, 2.24) is 9.97 Å². The quantitative estimate of drug-likeness (QED) is 0.657. The Morgan fingerprint density at radius 3 is 2.30 bits per heavy atom. The van der Waals surface area contributed by atoms with E-state index >= 15 is 0 Å². The molecule has 1 aliphatic heterocycles. The molecule has 1 saturated heterocycles. The number of halogens is 1. The van der Waals surface area contributed by atoms with E-state index in [4.69, 9.17) is 17.3 Å². The third-order valence-electron chi connectivity index (χ3n) is 5.64. The zero-order valence-electron chi connectivity index (χ0n) is 17.8. The second-order valence-corrected chi connectivity index (χ2v) is 8.66. The second kappa shape index (κ2) is 8.62. The van der Waals surface area contributed by atoms with E-state index in [1.54, 1.807) is 0 Å². The van der Waals surface area contributed by atoms with Crippen LogP contribution in [-0.4, -0.2) is 43.2 Å². The fourth-order valence-electron chi connectivity index (χ4n) is 4.04. The van der Waals surface area contributed by atoms with Crippen LogP contribution in [0.25, 0.3) is 22.3 Å². The van der Waals surface area contributed by atoms with Gasteiger partial charge in [-0.15, -0.1) is 0 Å². The molecule has 0 aliphatic carbocycles. The van der Waals surface area contributed by atoms with Crippen LogP contribution in [0.3, 0.4) is 0 Å². The van der Waals surface area contributed by atoms with E-state index in [1.165, 1.54) is 5.69 Å². The van der Waals surface area contributed by atoms with E-state index in [0.29, 0.717) is 0 Å². The Kier molecular flexibility index (Phi) is 5.93. The number of piperidine rings is 1. The van der Waals surface area contributed by atoms with Crippen molar-refractivity contribution in [1.29, 1.82) is 0 Å². The maximum absolute atomic E-state index is 6.40. The average Bonchev–Trinajstić information content (AvgIpc) is 2.73. The van der Waals surface area contributed by atoms with Gasteiger partial charge in [0, 0.05) is 73.5 Å². The highest BCUT2D eigenvalue weighted by molar-refractivity contribution is 6.31. The van der Waals surface area contributed by atoms with Crippen LogP contribution in [0.15, 0.2) is 48.9 Å². The van der Waals surface area contributed by atoms with E-state index in [9.17, 15) is 0 Å². The first-order valence-corrected chi connectivity index (χ1v) is 10.7. The summed E-state index contributed by atoms with van der Waals surface area (Å²) in [6, 6.07) is 10.6. The van der Waals surface area contributed by atoms with Gasteiger partial charge in [0.05, 0.1) is 5.69 Å². The van der Waals surface area contributed by atoms with Crippen molar-refractivity contribution < 1.29 is 0 Å². The summed E-state index contributed by atoms with van der Waals surface area (Å²) in [6.45, 7) is 3.91. The highest BCUT2D eigenvalue weighted by atomic mass is 35.5. The second-order valence-electron chi connectivity index (χ2n) is 8.22. The zero-order valence-corrected chi connectivity index (χ0v) is 18.5. The molecule has 1 aromatic carbocycles. The van der Waals surface area contributed by atoms with Crippen LogP contribution >= 0.6 is 11.6 Å². The van der Waals surface area contributed by atoms with Gasteiger partial charge in [-0.2, -0.15) is 0 Å². The number of hydrogen-bond donors (Lipinski definition) is 1. The predicted octanol–water partition coefficient (Wildman–Crippen LogP) is 4.77. The lowest BCUT2D eigenvalue weighted by Crippen LogP contribution is -2.40. The van der Waals surface area contributed by atoms with Crippen LogP contribution < -0.4 is 15.5 Å². The van der Waals surface area contributed by atoms with Gasteiger partial charge >= 0.3 is 0 Å². The van der Waals surface area contributed by atoms with Gasteiger partial charge in [-0.25, -0.2) is 4.98 Å². The van der Waals surface area contributed by atoms with E-state index in [1.807, 2.05) is 55.8 Å². The molecule has 30 heavy (non-hydrogen) atoms. The molecular weight excluding hydrogens is 394 g/mol. The molecule has 0 atom stereocenters. The lowest BCUT2D eigenvalue weighted by atomic mass is 9.95. The number of nitrogens with zero attached hydrogens (tertiary/aromatic N) is 4. The summed E-state index contributed by atoms with van der Waals surface area (Å²) in [6.07, 6.45) is 7.77. The van der Waals surface area contributed by atoms with Crippen molar-refractivity contribution in [3.63, 3.8) is 0 Å². The van der Waals surface area contributed by atoms with Crippen molar-refractivity contribution in [2.45, 2.75) is 25.8 Å². The molecular formula is C24H28ClN5. The number of nitrogens with two attached hydrogens (primary N) is 1. The largest absolute Gasteiger partial charge is 0.370 e. The van der Waals surface area contributed by atoms with E-state index in [2.05, 4.69) is 33.9 Å². The summed E-state index contributed by atoms with van der Waals surface area (Å²) in [5, 5.41) is 0.735. The van der Waals surface area contributed by atoms with Crippen molar-refractivity contribution in [3.8, 4) is 22.3 Å². The third kappa shape index (κ3) is 4.27. The Morgan fingerprint density at radius 1 is 1.00 bits per heavy atom. The van der Waals surface area contributed by atoms with Crippen molar-refractivity contribution in [2.75, 3.05) is 37.0 Å². The molecule has 0 saturated carbocycles. The summed E-state index contributed by atoms with van der Waals surface area (Å²) in [5.74, 6) is 0.929. The fourth-order valence-corrected chi connectivity index (χ4v) is 4.33.